The van der Waals surface area contributed by atoms with Gasteiger partial charge in [0.1, 0.15) is 0 Å². The molecule has 1 fully saturated rings. The van der Waals surface area contributed by atoms with E-state index in [-0.39, 0.29) is 6.03 Å². The lowest BCUT2D eigenvalue weighted by molar-refractivity contribution is 0.135. The van der Waals surface area contributed by atoms with Gasteiger partial charge in [0.15, 0.2) is 0 Å². The van der Waals surface area contributed by atoms with Crippen LogP contribution in [-0.2, 0) is 19.6 Å². The highest BCUT2D eigenvalue weighted by Gasteiger charge is 2.20. The Balaban J connectivity index is 1.23. The Morgan fingerprint density at radius 2 is 1.76 bits per heavy atom. The monoisotopic (exact) mass is 390 g/mol. The number of nitrogens with one attached hydrogen (secondary N) is 1. The number of rotatable bonds is 6. The number of benzene rings is 1. The Kier molecular flexibility index (Phi) is 6.16. The number of urea groups is 1. The fourth-order valence-corrected chi connectivity index (χ4v) is 3.58. The fourth-order valence-electron chi connectivity index (χ4n) is 3.58. The summed E-state index contributed by atoms with van der Waals surface area (Å²) in [4.78, 5) is 25.1. The third-order valence-electron chi connectivity index (χ3n) is 5.15. The highest BCUT2D eigenvalue weighted by atomic mass is 16.2. The molecule has 2 aromatic heterocycles. The quantitative estimate of drug-likeness (QED) is 0.702. The van der Waals surface area contributed by atoms with Crippen LogP contribution in [0.25, 0.3) is 0 Å². The lowest BCUT2D eigenvalue weighted by Gasteiger charge is -2.34. The standard InChI is InChI=1S/C22H26N6O/c29-22(28-11-9-26(10-12-28)17-21-5-2-6-23-14-21)25-15-19-3-1-4-20(13-19)16-27-8-7-24-18-27/h1-8,13-14,18H,9-12,15-17H2,(H,25,29). The largest absolute Gasteiger partial charge is 0.334 e. The van der Waals surface area contributed by atoms with Crippen LogP contribution in [0.5, 0.6) is 0 Å². The zero-order valence-electron chi connectivity index (χ0n) is 16.4. The first-order chi connectivity index (χ1) is 14.3. The molecule has 1 N–H and O–H groups in total. The molecule has 29 heavy (non-hydrogen) atoms. The second kappa shape index (κ2) is 9.34. The van der Waals surface area contributed by atoms with Gasteiger partial charge in [-0.15, -0.1) is 0 Å². The zero-order valence-corrected chi connectivity index (χ0v) is 16.4. The normalized spacial score (nSPS) is 14.7. The minimum atomic E-state index is 0.00559. The highest BCUT2D eigenvalue weighted by Crippen LogP contribution is 2.10. The number of hydrogen-bond donors (Lipinski definition) is 1. The summed E-state index contributed by atoms with van der Waals surface area (Å²) in [6, 6.07) is 12.4. The van der Waals surface area contributed by atoms with Crippen molar-refractivity contribution < 1.29 is 4.79 Å². The van der Waals surface area contributed by atoms with Crippen molar-refractivity contribution in [1.82, 2.24) is 29.7 Å². The number of imidazole rings is 1. The van der Waals surface area contributed by atoms with Gasteiger partial charge in [-0.25, -0.2) is 9.78 Å². The minimum absolute atomic E-state index is 0.00559. The molecule has 150 valence electrons. The summed E-state index contributed by atoms with van der Waals surface area (Å²) in [5.74, 6) is 0. The minimum Gasteiger partial charge on any atom is -0.334 e. The molecule has 7 nitrogen and oxygen atoms in total. The van der Waals surface area contributed by atoms with Gasteiger partial charge in [0, 0.05) is 70.6 Å². The molecule has 1 aromatic carbocycles. The van der Waals surface area contributed by atoms with E-state index in [9.17, 15) is 4.79 Å². The predicted molar refractivity (Wildman–Crippen MR) is 111 cm³/mol. The van der Waals surface area contributed by atoms with E-state index in [1.165, 1.54) is 11.1 Å². The van der Waals surface area contributed by atoms with Crippen LogP contribution in [0.4, 0.5) is 4.79 Å². The van der Waals surface area contributed by atoms with Gasteiger partial charge in [0.25, 0.3) is 0 Å². The molecule has 3 heterocycles. The Labute approximate surface area is 171 Å². The maximum atomic E-state index is 12.6. The van der Waals surface area contributed by atoms with Crippen molar-refractivity contribution in [3.63, 3.8) is 0 Å². The number of amides is 2. The molecule has 0 radical (unpaired) electrons. The number of carbonyl (C=O) groups excluding carboxylic acids is 1. The van der Waals surface area contributed by atoms with E-state index >= 15 is 0 Å². The summed E-state index contributed by atoms with van der Waals surface area (Å²) >= 11 is 0. The second-order valence-electron chi connectivity index (χ2n) is 7.34. The van der Waals surface area contributed by atoms with E-state index in [2.05, 4.69) is 38.4 Å². The van der Waals surface area contributed by atoms with E-state index in [4.69, 9.17) is 0 Å². The van der Waals surface area contributed by atoms with Crippen LogP contribution in [0.3, 0.4) is 0 Å². The van der Waals surface area contributed by atoms with E-state index < -0.39 is 0 Å². The van der Waals surface area contributed by atoms with Gasteiger partial charge in [0.2, 0.25) is 0 Å². The van der Waals surface area contributed by atoms with Gasteiger partial charge in [-0.2, -0.15) is 0 Å². The van der Waals surface area contributed by atoms with Crippen LogP contribution in [0.15, 0.2) is 67.5 Å². The van der Waals surface area contributed by atoms with Crippen molar-refractivity contribution in [2.45, 2.75) is 19.6 Å². The molecular weight excluding hydrogens is 364 g/mol. The summed E-state index contributed by atoms with van der Waals surface area (Å²) in [7, 11) is 0. The topological polar surface area (TPSA) is 66.3 Å². The van der Waals surface area contributed by atoms with Crippen molar-refractivity contribution >= 4 is 6.03 Å². The van der Waals surface area contributed by atoms with Gasteiger partial charge in [0.05, 0.1) is 6.33 Å². The van der Waals surface area contributed by atoms with Crippen molar-refractivity contribution in [3.8, 4) is 0 Å². The molecule has 0 unspecified atom stereocenters. The van der Waals surface area contributed by atoms with Crippen LogP contribution < -0.4 is 5.32 Å². The molecule has 0 atom stereocenters. The van der Waals surface area contributed by atoms with Crippen molar-refractivity contribution in [2.75, 3.05) is 26.2 Å². The summed E-state index contributed by atoms with van der Waals surface area (Å²) in [5.41, 5.74) is 3.51. The smallest absolute Gasteiger partial charge is 0.317 e. The molecule has 0 saturated carbocycles. The number of carbonyl (C=O) groups is 1. The van der Waals surface area contributed by atoms with Crippen LogP contribution in [0, 0.1) is 0 Å². The number of pyridine rings is 1. The van der Waals surface area contributed by atoms with E-state index in [1.807, 2.05) is 46.4 Å². The van der Waals surface area contributed by atoms with Gasteiger partial charge in [-0.1, -0.05) is 30.3 Å². The van der Waals surface area contributed by atoms with Gasteiger partial charge >= 0.3 is 6.03 Å². The molecule has 2 amide bonds. The summed E-state index contributed by atoms with van der Waals surface area (Å²) in [5, 5.41) is 3.06. The summed E-state index contributed by atoms with van der Waals surface area (Å²) < 4.78 is 2.03. The first-order valence-electron chi connectivity index (χ1n) is 9.94. The van der Waals surface area contributed by atoms with Gasteiger partial charge in [-0.05, 0) is 22.8 Å². The van der Waals surface area contributed by atoms with Crippen LogP contribution in [0.1, 0.15) is 16.7 Å². The second-order valence-corrected chi connectivity index (χ2v) is 7.34. The maximum absolute atomic E-state index is 12.6. The number of nitrogens with zero attached hydrogens (tertiary/aromatic N) is 5. The predicted octanol–water partition coefficient (Wildman–Crippen LogP) is 2.35. The Bertz CT molecular complexity index is 904. The molecule has 3 aromatic rings. The maximum Gasteiger partial charge on any atom is 0.317 e. The highest BCUT2D eigenvalue weighted by molar-refractivity contribution is 5.74. The van der Waals surface area contributed by atoms with E-state index in [0.29, 0.717) is 6.54 Å². The van der Waals surface area contributed by atoms with Gasteiger partial charge < -0.3 is 14.8 Å². The zero-order chi connectivity index (χ0) is 19.9. The molecule has 0 bridgehead atoms. The number of hydrogen-bond acceptors (Lipinski definition) is 4. The molecule has 0 aliphatic carbocycles. The Hall–Kier alpha value is -3.19. The Morgan fingerprint density at radius 1 is 0.931 bits per heavy atom. The average Bonchev–Trinajstić information content (AvgIpc) is 3.27. The third-order valence-corrected chi connectivity index (χ3v) is 5.15. The summed E-state index contributed by atoms with van der Waals surface area (Å²) in [6.45, 7) is 5.44. The van der Waals surface area contributed by atoms with E-state index in [0.717, 1.165) is 44.8 Å². The first kappa shape index (κ1) is 19.1. The fraction of sp³-hybridized carbons (Fsp3) is 0.318. The lowest BCUT2D eigenvalue weighted by atomic mass is 10.1. The molecule has 0 spiro atoms. The van der Waals surface area contributed by atoms with Gasteiger partial charge in [-0.3, -0.25) is 9.88 Å². The first-order valence-corrected chi connectivity index (χ1v) is 9.94. The van der Waals surface area contributed by atoms with Crippen LogP contribution >= 0.6 is 0 Å². The van der Waals surface area contributed by atoms with E-state index in [1.54, 1.807) is 12.4 Å². The molecular formula is C22H26N6O. The molecule has 1 aliphatic rings. The average molecular weight is 390 g/mol. The SMILES string of the molecule is O=C(NCc1cccc(Cn2ccnc2)c1)N1CCN(Cc2cccnc2)CC1. The van der Waals surface area contributed by atoms with Crippen molar-refractivity contribution in [1.29, 1.82) is 0 Å². The number of aromatic nitrogens is 3. The molecule has 7 heteroatoms. The summed E-state index contributed by atoms with van der Waals surface area (Å²) in [6.07, 6.45) is 9.23. The Morgan fingerprint density at radius 3 is 2.52 bits per heavy atom. The number of piperazine rings is 1. The lowest BCUT2D eigenvalue weighted by Crippen LogP contribution is -2.51. The van der Waals surface area contributed by atoms with Crippen molar-refractivity contribution in [3.05, 3.63) is 84.2 Å². The van der Waals surface area contributed by atoms with Crippen LogP contribution in [0.2, 0.25) is 0 Å². The molecule has 1 saturated heterocycles. The van der Waals surface area contributed by atoms with Crippen molar-refractivity contribution in [2.24, 2.45) is 0 Å². The third kappa shape index (κ3) is 5.42. The van der Waals surface area contributed by atoms with Crippen LogP contribution in [-0.4, -0.2) is 56.5 Å². The molecule has 1 aliphatic heterocycles. The molecule has 4 rings (SSSR count).